The molecular formula is C13H7Cl2FN2O2. The van der Waals surface area contributed by atoms with Gasteiger partial charge in [0.15, 0.2) is 0 Å². The zero-order valence-corrected chi connectivity index (χ0v) is 11.4. The molecule has 0 aliphatic carbocycles. The van der Waals surface area contributed by atoms with Crippen LogP contribution in [0.25, 0.3) is 0 Å². The molecule has 0 radical (unpaired) electrons. The van der Waals surface area contributed by atoms with Crippen molar-refractivity contribution in [1.82, 2.24) is 4.98 Å². The highest BCUT2D eigenvalue weighted by atomic mass is 35.5. The van der Waals surface area contributed by atoms with E-state index < -0.39 is 17.0 Å². The van der Waals surface area contributed by atoms with E-state index in [2.05, 4.69) is 10.3 Å². The molecule has 1 N–H and O–H groups in total. The van der Waals surface area contributed by atoms with Crippen molar-refractivity contribution in [3.8, 4) is 0 Å². The Balaban J connectivity index is 2.33. The molecule has 0 aliphatic rings. The molecule has 20 heavy (non-hydrogen) atoms. The second-order valence-electron chi connectivity index (χ2n) is 3.75. The fourth-order valence-electron chi connectivity index (χ4n) is 1.51. The largest absolute Gasteiger partial charge is 0.306 e. The zero-order valence-electron chi connectivity index (χ0n) is 9.86. The Hall–Kier alpha value is -1.98. The van der Waals surface area contributed by atoms with E-state index in [0.29, 0.717) is 0 Å². The summed E-state index contributed by atoms with van der Waals surface area (Å²) < 4.78 is 13.1. The van der Waals surface area contributed by atoms with Crippen molar-refractivity contribution < 1.29 is 14.0 Å². The van der Waals surface area contributed by atoms with Crippen LogP contribution >= 0.6 is 23.2 Å². The maximum Gasteiger partial charge on any atom is 0.258 e. The molecule has 1 heterocycles. The van der Waals surface area contributed by atoms with Crippen LogP contribution in [0.1, 0.15) is 20.7 Å². The van der Waals surface area contributed by atoms with Crippen LogP contribution in [0, 0.1) is 5.82 Å². The molecule has 0 saturated heterocycles. The number of nitrogens with one attached hydrogen (secondary N) is 1. The minimum Gasteiger partial charge on any atom is -0.306 e. The first-order chi connectivity index (χ1) is 9.49. The lowest BCUT2D eigenvalue weighted by Crippen LogP contribution is -2.16. The standard InChI is InChI=1S/C13H7Cl2FN2O2/c14-10-4-3-7(16)6-9(10)13(20)18-12-8(11(15)19)2-1-5-17-12/h1-6H,(H,17,18,20). The second kappa shape index (κ2) is 5.98. The number of pyridine rings is 1. The van der Waals surface area contributed by atoms with Crippen LogP contribution < -0.4 is 5.32 Å². The summed E-state index contributed by atoms with van der Waals surface area (Å²) in [6, 6.07) is 6.29. The van der Waals surface area contributed by atoms with Gasteiger partial charge in [-0.05, 0) is 41.9 Å². The van der Waals surface area contributed by atoms with Gasteiger partial charge < -0.3 is 5.32 Å². The molecular weight excluding hydrogens is 306 g/mol. The normalized spacial score (nSPS) is 10.2. The zero-order chi connectivity index (χ0) is 14.7. The lowest BCUT2D eigenvalue weighted by molar-refractivity contribution is 0.102. The van der Waals surface area contributed by atoms with Gasteiger partial charge in [-0.1, -0.05) is 11.6 Å². The highest BCUT2D eigenvalue weighted by Crippen LogP contribution is 2.20. The SMILES string of the molecule is O=C(Nc1ncccc1C(=O)Cl)c1cc(F)ccc1Cl. The summed E-state index contributed by atoms with van der Waals surface area (Å²) in [6.07, 6.45) is 1.38. The third kappa shape index (κ3) is 3.12. The Kier molecular flexibility index (Phi) is 4.32. The highest BCUT2D eigenvalue weighted by molar-refractivity contribution is 6.68. The number of amides is 1. The summed E-state index contributed by atoms with van der Waals surface area (Å²) in [4.78, 5) is 27.0. The number of rotatable bonds is 3. The van der Waals surface area contributed by atoms with Gasteiger partial charge in [-0.15, -0.1) is 0 Å². The molecule has 0 unspecified atom stereocenters. The molecule has 0 saturated carbocycles. The van der Waals surface area contributed by atoms with Gasteiger partial charge in [-0.25, -0.2) is 9.37 Å². The summed E-state index contributed by atoms with van der Waals surface area (Å²) in [7, 11) is 0. The van der Waals surface area contributed by atoms with Crippen molar-refractivity contribution in [3.63, 3.8) is 0 Å². The van der Waals surface area contributed by atoms with Crippen LogP contribution in [0.2, 0.25) is 5.02 Å². The van der Waals surface area contributed by atoms with Gasteiger partial charge in [0.25, 0.3) is 11.1 Å². The molecule has 102 valence electrons. The van der Waals surface area contributed by atoms with Crippen LogP contribution in [0.5, 0.6) is 0 Å². The van der Waals surface area contributed by atoms with Crippen molar-refractivity contribution >= 4 is 40.2 Å². The Morgan fingerprint density at radius 3 is 2.65 bits per heavy atom. The number of anilines is 1. The lowest BCUT2D eigenvalue weighted by Gasteiger charge is -2.08. The van der Waals surface area contributed by atoms with Crippen molar-refractivity contribution in [3.05, 3.63) is 58.5 Å². The Morgan fingerprint density at radius 2 is 1.95 bits per heavy atom. The monoisotopic (exact) mass is 312 g/mol. The summed E-state index contributed by atoms with van der Waals surface area (Å²) in [5.41, 5.74) is -0.0275. The fourth-order valence-corrected chi connectivity index (χ4v) is 1.87. The van der Waals surface area contributed by atoms with Crippen LogP contribution in [0.4, 0.5) is 10.2 Å². The van der Waals surface area contributed by atoms with Crippen molar-refractivity contribution in [1.29, 1.82) is 0 Å². The predicted octanol–water partition coefficient (Wildman–Crippen LogP) is 3.51. The van der Waals surface area contributed by atoms with Crippen LogP contribution in [0.3, 0.4) is 0 Å². The van der Waals surface area contributed by atoms with Gasteiger partial charge in [0.2, 0.25) is 0 Å². The molecule has 0 atom stereocenters. The van der Waals surface area contributed by atoms with E-state index in [4.69, 9.17) is 23.2 Å². The molecule has 7 heteroatoms. The molecule has 0 aliphatic heterocycles. The third-order valence-corrected chi connectivity index (χ3v) is 2.96. The van der Waals surface area contributed by atoms with Gasteiger partial charge in [0, 0.05) is 6.20 Å². The average Bonchev–Trinajstić information content (AvgIpc) is 2.41. The Morgan fingerprint density at radius 1 is 1.20 bits per heavy atom. The van der Waals surface area contributed by atoms with E-state index in [-0.39, 0.29) is 22.0 Å². The number of aromatic nitrogens is 1. The molecule has 0 fully saturated rings. The van der Waals surface area contributed by atoms with Gasteiger partial charge in [-0.3, -0.25) is 9.59 Å². The smallest absolute Gasteiger partial charge is 0.258 e. The quantitative estimate of drug-likeness (QED) is 0.882. The maximum absolute atomic E-state index is 13.1. The topological polar surface area (TPSA) is 59.1 Å². The van der Waals surface area contributed by atoms with Crippen LogP contribution in [-0.2, 0) is 0 Å². The number of hydrogen-bond acceptors (Lipinski definition) is 3. The Labute approximate surface area is 123 Å². The summed E-state index contributed by atoms with van der Waals surface area (Å²) in [6.45, 7) is 0. The number of halogens is 3. The molecule has 2 aromatic rings. The molecule has 1 amide bonds. The van der Waals surface area contributed by atoms with Gasteiger partial charge in [0.1, 0.15) is 11.6 Å². The van der Waals surface area contributed by atoms with Crippen LogP contribution in [-0.4, -0.2) is 16.1 Å². The minimum atomic E-state index is -0.765. The van der Waals surface area contributed by atoms with E-state index in [1.807, 2.05) is 0 Å². The lowest BCUT2D eigenvalue weighted by atomic mass is 10.2. The number of carbonyl (C=O) groups excluding carboxylic acids is 2. The first kappa shape index (κ1) is 14.4. The van der Waals surface area contributed by atoms with Crippen molar-refractivity contribution in [2.45, 2.75) is 0 Å². The minimum absolute atomic E-state index is 0.0159. The third-order valence-electron chi connectivity index (χ3n) is 2.42. The molecule has 1 aromatic heterocycles. The molecule has 4 nitrogen and oxygen atoms in total. The number of hydrogen-bond donors (Lipinski definition) is 1. The molecule has 2 rings (SSSR count). The first-order valence-corrected chi connectivity index (χ1v) is 6.16. The second-order valence-corrected chi connectivity index (χ2v) is 4.50. The molecule has 1 aromatic carbocycles. The summed E-state index contributed by atoms with van der Waals surface area (Å²) in [5.74, 6) is -1.31. The van der Waals surface area contributed by atoms with E-state index >= 15 is 0 Å². The van der Waals surface area contributed by atoms with Gasteiger partial charge in [0.05, 0.1) is 16.1 Å². The number of nitrogens with zero attached hydrogens (tertiary/aromatic N) is 1. The average molecular weight is 313 g/mol. The van der Waals surface area contributed by atoms with Gasteiger partial charge in [-0.2, -0.15) is 0 Å². The summed E-state index contributed by atoms with van der Waals surface area (Å²) >= 11 is 11.2. The number of carbonyl (C=O) groups is 2. The molecule has 0 bridgehead atoms. The van der Waals surface area contributed by atoms with E-state index in [1.165, 1.54) is 24.4 Å². The van der Waals surface area contributed by atoms with E-state index in [1.54, 1.807) is 0 Å². The van der Waals surface area contributed by atoms with Crippen molar-refractivity contribution in [2.24, 2.45) is 0 Å². The van der Waals surface area contributed by atoms with Gasteiger partial charge >= 0.3 is 0 Å². The number of benzene rings is 1. The van der Waals surface area contributed by atoms with Crippen molar-refractivity contribution in [2.75, 3.05) is 5.32 Å². The highest BCUT2D eigenvalue weighted by Gasteiger charge is 2.16. The predicted molar refractivity (Wildman–Crippen MR) is 73.8 cm³/mol. The van der Waals surface area contributed by atoms with E-state index in [0.717, 1.165) is 12.1 Å². The van der Waals surface area contributed by atoms with Crippen LogP contribution in [0.15, 0.2) is 36.5 Å². The Bertz CT molecular complexity index is 692. The maximum atomic E-state index is 13.1. The fraction of sp³-hybridized carbons (Fsp3) is 0. The first-order valence-electron chi connectivity index (χ1n) is 5.40. The van der Waals surface area contributed by atoms with E-state index in [9.17, 15) is 14.0 Å². The molecule has 0 spiro atoms. The summed E-state index contributed by atoms with van der Waals surface area (Å²) in [5, 5.41) is 1.69.